The summed E-state index contributed by atoms with van der Waals surface area (Å²) in [6.07, 6.45) is 2.80. The van der Waals surface area contributed by atoms with Crippen LogP contribution in [0.2, 0.25) is 0 Å². The maximum atomic E-state index is 10.8. The van der Waals surface area contributed by atoms with Gasteiger partial charge in [-0.05, 0) is 27.7 Å². The number of carboxylic acid groups (broad SMARTS) is 2. The van der Waals surface area contributed by atoms with Crippen LogP contribution in [0.25, 0.3) is 0 Å². The predicted octanol–water partition coefficient (Wildman–Crippen LogP) is -0.274. The average Bonchev–Trinajstić information content (AvgIpc) is 2.64. The third kappa shape index (κ3) is 3.43. The lowest BCUT2D eigenvalue weighted by Gasteiger charge is -2.32. The highest BCUT2D eigenvalue weighted by atomic mass is 16.7. The summed E-state index contributed by atoms with van der Waals surface area (Å²) < 4.78 is 11.7. The van der Waals surface area contributed by atoms with E-state index in [0.29, 0.717) is 5.46 Å². The van der Waals surface area contributed by atoms with Gasteiger partial charge < -0.3 is 24.8 Å². The van der Waals surface area contributed by atoms with Crippen LogP contribution in [-0.2, 0) is 18.9 Å². The van der Waals surface area contributed by atoms with E-state index >= 15 is 0 Å². The van der Waals surface area contributed by atoms with Gasteiger partial charge in [0.2, 0.25) is 12.0 Å². The molecule has 1 saturated heterocycles. The van der Waals surface area contributed by atoms with Crippen LogP contribution in [0.15, 0.2) is 12.4 Å². The molecule has 0 amide bonds. The average molecular weight is 323 g/mol. The van der Waals surface area contributed by atoms with Gasteiger partial charge in [0, 0.05) is 17.9 Å². The Morgan fingerprint density at radius 2 is 1.52 bits per heavy atom. The molecular weight excluding hydrogens is 305 g/mol. The van der Waals surface area contributed by atoms with Crippen molar-refractivity contribution in [2.75, 3.05) is 5.32 Å². The van der Waals surface area contributed by atoms with E-state index in [2.05, 4.69) is 15.3 Å². The summed E-state index contributed by atoms with van der Waals surface area (Å²) in [6, 6.07) is -1.82. The Morgan fingerprint density at radius 3 is 1.91 bits per heavy atom. The Kier molecular flexibility index (Phi) is 4.31. The van der Waals surface area contributed by atoms with Gasteiger partial charge in [-0.1, -0.05) is 0 Å². The normalized spacial score (nSPS) is 18.9. The first-order valence-corrected chi connectivity index (χ1v) is 6.93. The van der Waals surface area contributed by atoms with Gasteiger partial charge in [0.25, 0.3) is 0 Å². The zero-order valence-electron chi connectivity index (χ0n) is 13.2. The Balaban J connectivity index is 2.12. The van der Waals surface area contributed by atoms with Gasteiger partial charge in [-0.3, -0.25) is 0 Å². The predicted molar refractivity (Wildman–Crippen MR) is 80.4 cm³/mol. The lowest BCUT2D eigenvalue weighted by Crippen LogP contribution is -2.41. The number of carbonyl (C=O) groups is 2. The fourth-order valence-electron chi connectivity index (χ4n) is 1.87. The van der Waals surface area contributed by atoms with Crippen molar-refractivity contribution < 1.29 is 29.1 Å². The van der Waals surface area contributed by atoms with Crippen molar-refractivity contribution in [3.63, 3.8) is 0 Å². The summed E-state index contributed by atoms with van der Waals surface area (Å²) in [5.41, 5.74) is -0.463. The van der Waals surface area contributed by atoms with Crippen molar-refractivity contribution in [2.45, 2.75) is 44.9 Å². The number of carboxylic acids is 2. The molecule has 1 fully saturated rings. The van der Waals surface area contributed by atoms with Crippen molar-refractivity contribution in [1.82, 2.24) is 9.97 Å². The number of hydrogen-bond acceptors (Lipinski definition) is 7. The first kappa shape index (κ1) is 17.2. The Bertz CT molecular complexity index is 589. The Morgan fingerprint density at radius 1 is 1.09 bits per heavy atom. The van der Waals surface area contributed by atoms with E-state index in [1.165, 1.54) is 12.4 Å². The van der Waals surface area contributed by atoms with Crippen LogP contribution >= 0.6 is 0 Å². The van der Waals surface area contributed by atoms with Crippen LogP contribution in [-0.4, -0.2) is 56.5 Å². The third-order valence-corrected chi connectivity index (χ3v) is 3.96. The second kappa shape index (κ2) is 5.78. The van der Waals surface area contributed by atoms with E-state index in [0.717, 1.165) is 0 Å². The maximum absolute atomic E-state index is 10.8. The van der Waals surface area contributed by atoms with Gasteiger partial charge in [-0.25, -0.2) is 19.6 Å². The topological polar surface area (TPSA) is 131 Å². The molecule has 0 atom stereocenters. The highest BCUT2D eigenvalue weighted by Crippen LogP contribution is 2.36. The summed E-state index contributed by atoms with van der Waals surface area (Å²) in [4.78, 5) is 29.5. The molecule has 1 aliphatic rings. The van der Waals surface area contributed by atoms with Crippen LogP contribution in [0.1, 0.15) is 27.7 Å². The summed E-state index contributed by atoms with van der Waals surface area (Å²) in [5.74, 6) is -3.17. The van der Waals surface area contributed by atoms with Crippen molar-refractivity contribution in [3.05, 3.63) is 12.4 Å². The van der Waals surface area contributed by atoms with Gasteiger partial charge in [0.05, 0.1) is 11.2 Å². The van der Waals surface area contributed by atoms with Gasteiger partial charge in [-0.2, -0.15) is 0 Å². The van der Waals surface area contributed by atoms with E-state index in [-0.39, 0.29) is 5.95 Å². The number of nitrogens with zero attached hydrogens (tertiary/aromatic N) is 2. The van der Waals surface area contributed by atoms with Crippen LogP contribution < -0.4 is 10.8 Å². The van der Waals surface area contributed by atoms with Crippen LogP contribution in [0, 0.1) is 0 Å². The molecule has 10 heteroatoms. The van der Waals surface area contributed by atoms with E-state index in [4.69, 9.17) is 19.5 Å². The molecule has 0 spiro atoms. The van der Waals surface area contributed by atoms with Gasteiger partial charge >= 0.3 is 19.1 Å². The molecule has 1 aromatic heterocycles. The highest BCUT2D eigenvalue weighted by molar-refractivity contribution is 6.61. The molecule has 0 aliphatic carbocycles. The van der Waals surface area contributed by atoms with Crippen molar-refractivity contribution in [2.24, 2.45) is 0 Å². The maximum Gasteiger partial charge on any atom is 0.498 e. The number of rotatable bonds is 5. The summed E-state index contributed by atoms with van der Waals surface area (Å²) in [6.45, 7) is 7.64. The number of aromatic nitrogens is 2. The molecule has 124 valence electrons. The number of anilines is 1. The number of hydrogen-bond donors (Lipinski definition) is 3. The van der Waals surface area contributed by atoms with Crippen molar-refractivity contribution >= 4 is 30.5 Å². The zero-order chi connectivity index (χ0) is 17.4. The SMILES string of the molecule is CC1(C)OB(c2cnc(NC(C(=O)O)C(=O)O)nc2)OC1(C)C. The third-order valence-electron chi connectivity index (χ3n) is 3.96. The molecule has 23 heavy (non-hydrogen) atoms. The largest absolute Gasteiger partial charge is 0.498 e. The van der Waals surface area contributed by atoms with Crippen molar-refractivity contribution in [3.8, 4) is 0 Å². The van der Waals surface area contributed by atoms with E-state index in [1.807, 2.05) is 27.7 Å². The molecule has 2 rings (SSSR count). The molecule has 0 saturated carbocycles. The van der Waals surface area contributed by atoms with E-state index < -0.39 is 36.3 Å². The fourth-order valence-corrected chi connectivity index (χ4v) is 1.87. The molecule has 0 unspecified atom stereocenters. The van der Waals surface area contributed by atoms with Crippen molar-refractivity contribution in [1.29, 1.82) is 0 Å². The summed E-state index contributed by atoms with van der Waals surface area (Å²) in [5, 5.41) is 19.8. The zero-order valence-corrected chi connectivity index (χ0v) is 13.2. The first-order chi connectivity index (χ1) is 10.5. The number of nitrogens with one attached hydrogen (secondary N) is 1. The first-order valence-electron chi connectivity index (χ1n) is 6.93. The van der Waals surface area contributed by atoms with E-state index in [9.17, 15) is 9.59 Å². The van der Waals surface area contributed by atoms with Crippen LogP contribution in [0.4, 0.5) is 5.95 Å². The molecular formula is C13H18BN3O6. The molecule has 2 heterocycles. The van der Waals surface area contributed by atoms with Gasteiger partial charge in [-0.15, -0.1) is 0 Å². The van der Waals surface area contributed by atoms with Gasteiger partial charge in [0.15, 0.2) is 0 Å². The minimum absolute atomic E-state index is 0.111. The molecule has 0 aromatic carbocycles. The lowest BCUT2D eigenvalue weighted by molar-refractivity contribution is -0.148. The molecule has 9 nitrogen and oxygen atoms in total. The monoisotopic (exact) mass is 323 g/mol. The second-order valence-corrected chi connectivity index (χ2v) is 6.18. The van der Waals surface area contributed by atoms with Crippen LogP contribution in [0.3, 0.4) is 0 Å². The molecule has 0 bridgehead atoms. The smallest absolute Gasteiger partial charge is 0.479 e. The van der Waals surface area contributed by atoms with E-state index in [1.54, 1.807) is 0 Å². The van der Waals surface area contributed by atoms with Crippen LogP contribution in [0.5, 0.6) is 0 Å². The molecule has 1 aromatic rings. The summed E-state index contributed by atoms with van der Waals surface area (Å²) >= 11 is 0. The Hall–Kier alpha value is -2.20. The minimum Gasteiger partial charge on any atom is -0.479 e. The standard InChI is InChI=1S/C13H18BN3O6/c1-12(2)13(3,4)23-14(22-12)7-5-15-11(16-6-7)17-8(9(18)19)10(20)21/h5-6,8H,1-4H3,(H,18,19)(H,20,21)(H,15,16,17). The molecule has 1 aliphatic heterocycles. The highest BCUT2D eigenvalue weighted by Gasteiger charge is 2.51. The van der Waals surface area contributed by atoms with Gasteiger partial charge in [0.1, 0.15) is 0 Å². The molecule has 3 N–H and O–H groups in total. The second-order valence-electron chi connectivity index (χ2n) is 6.18. The quantitative estimate of drug-likeness (QED) is 0.495. The lowest BCUT2D eigenvalue weighted by atomic mass is 9.81. The molecule has 0 radical (unpaired) electrons. The minimum atomic E-state index is -1.82. The Labute approximate surface area is 133 Å². The fraction of sp³-hybridized carbons (Fsp3) is 0.538. The summed E-state index contributed by atoms with van der Waals surface area (Å²) in [7, 11) is -0.649. The number of aliphatic carboxylic acids is 2.